The van der Waals surface area contributed by atoms with Gasteiger partial charge in [0.1, 0.15) is 17.2 Å². The number of nitrogens with zero attached hydrogens (tertiary/aromatic N) is 1. The van der Waals surface area contributed by atoms with E-state index in [4.69, 9.17) is 11.6 Å². The average molecular weight is 564 g/mol. The summed E-state index contributed by atoms with van der Waals surface area (Å²) in [6, 6.07) is 7.89. The van der Waals surface area contributed by atoms with E-state index in [0.29, 0.717) is 23.7 Å². The number of rotatable bonds is 10. The van der Waals surface area contributed by atoms with Crippen LogP contribution in [-0.2, 0) is 4.79 Å². The normalized spacial score (nSPS) is 14.3. The molecule has 1 fully saturated rings. The minimum absolute atomic E-state index is 0.0588. The zero-order valence-corrected chi connectivity index (χ0v) is 22.6. The van der Waals surface area contributed by atoms with Gasteiger partial charge in [-0.25, -0.2) is 8.78 Å². The molecule has 1 aliphatic heterocycles. The van der Waals surface area contributed by atoms with Crippen LogP contribution in [0.1, 0.15) is 57.8 Å². The smallest absolute Gasteiger partial charge is 0.257 e. The molecule has 1 saturated heterocycles. The van der Waals surface area contributed by atoms with Gasteiger partial charge in [-0.05, 0) is 76.2 Å². The molecule has 0 bridgehead atoms. The fourth-order valence-electron chi connectivity index (χ4n) is 4.42. The van der Waals surface area contributed by atoms with Crippen LogP contribution in [0.15, 0.2) is 36.4 Å². The minimum atomic E-state index is -1.43. The standard InChI is InChI=1S/C27H32ClF2N5O4/c1-3-35(4-2)25(38)22-20(30)10-9-19(29)21(22)24(37)34-27(11-13-31-14-12-27)26(39)33-16-15-32-23(36)17-5-7-18(28)8-6-17/h5-10,31H,3-4,11-16H2,1-2H3,(H,32,36)(H,33,39)(H,34,37). The van der Waals surface area contributed by atoms with E-state index in [2.05, 4.69) is 21.3 Å². The van der Waals surface area contributed by atoms with Gasteiger partial charge in [-0.15, -0.1) is 0 Å². The van der Waals surface area contributed by atoms with Crippen LogP contribution < -0.4 is 21.3 Å². The SMILES string of the molecule is CCN(CC)C(=O)c1c(F)ccc(F)c1C(=O)NC1(C(=O)NCCNC(=O)c2ccc(Cl)cc2)CCNCC1. The van der Waals surface area contributed by atoms with Crippen LogP contribution in [0, 0.1) is 11.6 Å². The van der Waals surface area contributed by atoms with Crippen molar-refractivity contribution in [2.45, 2.75) is 32.2 Å². The van der Waals surface area contributed by atoms with Gasteiger partial charge >= 0.3 is 0 Å². The molecule has 39 heavy (non-hydrogen) atoms. The number of hydrogen-bond donors (Lipinski definition) is 4. The predicted molar refractivity (Wildman–Crippen MR) is 143 cm³/mol. The molecule has 9 nitrogen and oxygen atoms in total. The van der Waals surface area contributed by atoms with E-state index in [1.165, 1.54) is 4.90 Å². The Labute approximate surface area is 230 Å². The Balaban J connectivity index is 1.74. The maximum atomic E-state index is 14.9. The number of carbonyl (C=O) groups excluding carboxylic acids is 4. The second kappa shape index (κ2) is 13.5. The summed E-state index contributed by atoms with van der Waals surface area (Å²) in [6.07, 6.45) is 0.357. The van der Waals surface area contributed by atoms with E-state index in [0.717, 1.165) is 12.1 Å². The highest BCUT2D eigenvalue weighted by Gasteiger charge is 2.42. The Kier molecular flexibility index (Phi) is 10.4. The van der Waals surface area contributed by atoms with E-state index in [-0.39, 0.29) is 44.9 Å². The van der Waals surface area contributed by atoms with Gasteiger partial charge in [0.15, 0.2) is 0 Å². The van der Waals surface area contributed by atoms with Crippen LogP contribution in [0.5, 0.6) is 0 Å². The number of halogens is 3. The lowest BCUT2D eigenvalue weighted by atomic mass is 9.86. The van der Waals surface area contributed by atoms with Crippen molar-refractivity contribution >= 4 is 35.2 Å². The van der Waals surface area contributed by atoms with Crippen molar-refractivity contribution < 1.29 is 28.0 Å². The number of amides is 4. The van der Waals surface area contributed by atoms with E-state index in [1.807, 2.05) is 0 Å². The van der Waals surface area contributed by atoms with Crippen molar-refractivity contribution in [2.24, 2.45) is 0 Å². The fourth-order valence-corrected chi connectivity index (χ4v) is 4.54. The summed E-state index contributed by atoms with van der Waals surface area (Å²) in [5.74, 6) is -4.86. The van der Waals surface area contributed by atoms with Crippen LogP contribution in [0.4, 0.5) is 8.78 Å². The average Bonchev–Trinajstić information content (AvgIpc) is 2.93. The first kappa shape index (κ1) is 30.0. The van der Waals surface area contributed by atoms with Gasteiger partial charge < -0.3 is 26.2 Å². The predicted octanol–water partition coefficient (Wildman–Crippen LogP) is 2.50. The second-order valence-corrected chi connectivity index (χ2v) is 9.50. The topological polar surface area (TPSA) is 120 Å². The summed E-state index contributed by atoms with van der Waals surface area (Å²) >= 11 is 5.84. The number of piperidine rings is 1. The summed E-state index contributed by atoms with van der Waals surface area (Å²) in [6.45, 7) is 4.78. The molecule has 0 spiro atoms. The van der Waals surface area contributed by atoms with Crippen LogP contribution in [0.3, 0.4) is 0 Å². The van der Waals surface area contributed by atoms with Crippen molar-refractivity contribution in [1.82, 2.24) is 26.2 Å². The summed E-state index contributed by atoms with van der Waals surface area (Å²) in [7, 11) is 0. The first-order valence-corrected chi connectivity index (χ1v) is 13.1. The highest BCUT2D eigenvalue weighted by atomic mass is 35.5. The van der Waals surface area contributed by atoms with E-state index >= 15 is 0 Å². The Morgan fingerprint density at radius 1 is 0.872 bits per heavy atom. The van der Waals surface area contributed by atoms with Crippen molar-refractivity contribution in [3.63, 3.8) is 0 Å². The third kappa shape index (κ3) is 7.10. The lowest BCUT2D eigenvalue weighted by Crippen LogP contribution is -2.63. The molecule has 1 aliphatic rings. The number of carbonyl (C=O) groups is 4. The summed E-state index contributed by atoms with van der Waals surface area (Å²) in [5, 5.41) is 11.6. The lowest BCUT2D eigenvalue weighted by molar-refractivity contribution is -0.128. The number of benzene rings is 2. The highest BCUT2D eigenvalue weighted by Crippen LogP contribution is 2.24. The quantitative estimate of drug-likeness (QED) is 0.331. The van der Waals surface area contributed by atoms with Crippen LogP contribution >= 0.6 is 11.6 Å². The summed E-state index contributed by atoms with van der Waals surface area (Å²) < 4.78 is 29.7. The number of nitrogens with one attached hydrogen (secondary N) is 4. The van der Waals surface area contributed by atoms with Crippen molar-refractivity contribution in [2.75, 3.05) is 39.3 Å². The van der Waals surface area contributed by atoms with E-state index < -0.39 is 46.0 Å². The molecular weight excluding hydrogens is 532 g/mol. The molecule has 2 aromatic rings. The molecule has 12 heteroatoms. The first-order valence-electron chi connectivity index (χ1n) is 12.8. The molecule has 0 aliphatic carbocycles. The van der Waals surface area contributed by atoms with E-state index in [1.54, 1.807) is 38.1 Å². The van der Waals surface area contributed by atoms with Crippen LogP contribution in [-0.4, -0.2) is 73.3 Å². The molecule has 4 amide bonds. The Bertz CT molecular complexity index is 1220. The zero-order valence-electron chi connectivity index (χ0n) is 21.8. The number of hydrogen-bond acceptors (Lipinski definition) is 5. The van der Waals surface area contributed by atoms with Crippen LogP contribution in [0.2, 0.25) is 5.02 Å². The van der Waals surface area contributed by atoms with Gasteiger partial charge in [0.25, 0.3) is 17.7 Å². The third-order valence-corrected chi connectivity index (χ3v) is 6.89. The fraction of sp³-hybridized carbons (Fsp3) is 0.407. The molecule has 210 valence electrons. The minimum Gasteiger partial charge on any atom is -0.352 e. The van der Waals surface area contributed by atoms with Gasteiger partial charge in [0.2, 0.25) is 5.91 Å². The molecule has 1 heterocycles. The maximum Gasteiger partial charge on any atom is 0.257 e. The van der Waals surface area contributed by atoms with Crippen molar-refractivity contribution in [3.8, 4) is 0 Å². The molecule has 2 aromatic carbocycles. The van der Waals surface area contributed by atoms with E-state index in [9.17, 15) is 28.0 Å². The summed E-state index contributed by atoms with van der Waals surface area (Å²) in [4.78, 5) is 53.2. The first-order chi connectivity index (χ1) is 18.6. The molecule has 3 rings (SSSR count). The van der Waals surface area contributed by atoms with Crippen LogP contribution in [0.25, 0.3) is 0 Å². The molecule has 0 saturated carbocycles. The maximum absolute atomic E-state index is 14.9. The lowest BCUT2D eigenvalue weighted by Gasteiger charge is -2.37. The van der Waals surface area contributed by atoms with Gasteiger partial charge in [-0.1, -0.05) is 11.6 Å². The molecule has 0 radical (unpaired) electrons. The van der Waals surface area contributed by atoms with Gasteiger partial charge in [-0.2, -0.15) is 0 Å². The molecular formula is C27H32ClF2N5O4. The summed E-state index contributed by atoms with van der Waals surface area (Å²) in [5.41, 5.74) is -2.45. The Morgan fingerprint density at radius 2 is 1.44 bits per heavy atom. The Morgan fingerprint density at radius 3 is 2.03 bits per heavy atom. The monoisotopic (exact) mass is 563 g/mol. The molecule has 0 unspecified atom stereocenters. The second-order valence-electron chi connectivity index (χ2n) is 9.06. The molecule has 0 aromatic heterocycles. The molecule has 0 atom stereocenters. The van der Waals surface area contributed by atoms with Gasteiger partial charge in [0, 0.05) is 36.8 Å². The van der Waals surface area contributed by atoms with Gasteiger partial charge in [0.05, 0.1) is 11.1 Å². The highest BCUT2D eigenvalue weighted by molar-refractivity contribution is 6.30. The van der Waals surface area contributed by atoms with Gasteiger partial charge in [-0.3, -0.25) is 19.2 Å². The van der Waals surface area contributed by atoms with Crippen molar-refractivity contribution in [3.05, 3.63) is 69.7 Å². The Hall–Kier alpha value is -3.57. The largest absolute Gasteiger partial charge is 0.352 e. The molecule has 4 N–H and O–H groups in total. The zero-order chi connectivity index (χ0) is 28.6. The van der Waals surface area contributed by atoms with Crippen molar-refractivity contribution in [1.29, 1.82) is 0 Å². The third-order valence-electron chi connectivity index (χ3n) is 6.64.